The van der Waals surface area contributed by atoms with Crippen LogP contribution in [0.4, 0.5) is 0 Å². The number of hydrogen-bond acceptors (Lipinski definition) is 8. The Morgan fingerprint density at radius 2 is 1.66 bits per heavy atom. The van der Waals surface area contributed by atoms with E-state index < -0.39 is 60.4 Å². The van der Waals surface area contributed by atoms with Crippen LogP contribution in [0.15, 0.2) is 0 Å². The van der Waals surface area contributed by atoms with Gasteiger partial charge in [0.05, 0.1) is 12.1 Å². The zero-order valence-corrected chi connectivity index (χ0v) is 18.9. The van der Waals surface area contributed by atoms with E-state index in [0.29, 0.717) is 18.7 Å². The number of carboxylic acid groups (broad SMARTS) is 2. The van der Waals surface area contributed by atoms with Gasteiger partial charge in [0, 0.05) is 6.42 Å². The first-order chi connectivity index (χ1) is 15.1. The fourth-order valence-corrected chi connectivity index (χ4v) is 3.61. The number of rotatable bonds is 14. The van der Waals surface area contributed by atoms with Crippen LogP contribution in [0.3, 0.4) is 0 Å². The third-order valence-electron chi connectivity index (χ3n) is 4.95. The van der Waals surface area contributed by atoms with Gasteiger partial charge in [-0.3, -0.25) is 19.2 Å². The molecule has 1 aliphatic rings. The van der Waals surface area contributed by atoms with Gasteiger partial charge in [0.2, 0.25) is 17.7 Å². The third kappa shape index (κ3) is 9.40. The van der Waals surface area contributed by atoms with E-state index in [9.17, 15) is 29.1 Å². The Morgan fingerprint density at radius 3 is 2.16 bits per heavy atom. The first kappa shape index (κ1) is 27.7. The van der Waals surface area contributed by atoms with Gasteiger partial charge in [-0.15, -0.1) is 0 Å². The Labute approximate surface area is 190 Å². The molecule has 1 aliphatic heterocycles. The van der Waals surface area contributed by atoms with E-state index in [2.05, 4.69) is 21.3 Å². The van der Waals surface area contributed by atoms with Crippen LogP contribution in [0, 0.1) is 0 Å². The van der Waals surface area contributed by atoms with Crippen molar-refractivity contribution in [2.45, 2.75) is 69.3 Å². The largest absolute Gasteiger partial charge is 0.481 e. The average Bonchev–Trinajstić information content (AvgIpc) is 3.26. The average molecular weight is 477 g/mol. The number of carboxylic acids is 2. The second kappa shape index (κ2) is 13.9. The quantitative estimate of drug-likeness (QED) is 0.151. The maximum absolute atomic E-state index is 12.9. The van der Waals surface area contributed by atoms with E-state index in [0.717, 1.165) is 6.42 Å². The van der Waals surface area contributed by atoms with Crippen molar-refractivity contribution < 1.29 is 39.3 Å². The Hall–Kier alpha value is -2.38. The molecule has 1 heterocycles. The maximum Gasteiger partial charge on any atom is 0.328 e. The summed E-state index contributed by atoms with van der Waals surface area (Å²) in [6.07, 6.45) is 1.42. The number of thioether (sulfide) groups is 1. The number of amides is 3. The van der Waals surface area contributed by atoms with Crippen molar-refractivity contribution in [3.05, 3.63) is 0 Å². The lowest BCUT2D eigenvalue weighted by molar-refractivity contribution is -0.145. The molecule has 1 fully saturated rings. The minimum absolute atomic E-state index is 0.282. The predicted octanol–water partition coefficient (Wildman–Crippen LogP) is -1.72. The van der Waals surface area contributed by atoms with E-state index in [1.807, 2.05) is 6.26 Å². The highest BCUT2D eigenvalue weighted by molar-refractivity contribution is 7.98. The number of carbonyl (C=O) groups is 5. The van der Waals surface area contributed by atoms with Crippen molar-refractivity contribution in [1.29, 1.82) is 0 Å². The monoisotopic (exact) mass is 476 g/mol. The van der Waals surface area contributed by atoms with Crippen molar-refractivity contribution in [1.82, 2.24) is 21.3 Å². The molecule has 0 radical (unpaired) electrons. The first-order valence-electron chi connectivity index (χ1n) is 10.3. The molecule has 0 aromatic heterocycles. The van der Waals surface area contributed by atoms with E-state index in [-0.39, 0.29) is 18.7 Å². The van der Waals surface area contributed by atoms with Crippen molar-refractivity contribution in [3.63, 3.8) is 0 Å². The molecule has 5 unspecified atom stereocenters. The summed E-state index contributed by atoms with van der Waals surface area (Å²) in [7, 11) is 0. The van der Waals surface area contributed by atoms with Gasteiger partial charge in [0.25, 0.3) is 0 Å². The number of aliphatic hydroxyl groups is 1. The second-order valence-electron chi connectivity index (χ2n) is 7.55. The molecule has 0 saturated carbocycles. The van der Waals surface area contributed by atoms with Gasteiger partial charge in [0.1, 0.15) is 12.1 Å². The summed E-state index contributed by atoms with van der Waals surface area (Å²) in [5.74, 6) is -4.10. The van der Waals surface area contributed by atoms with Crippen molar-refractivity contribution in [3.8, 4) is 0 Å². The number of nitrogens with one attached hydrogen (secondary N) is 4. The minimum Gasteiger partial charge on any atom is -0.481 e. The summed E-state index contributed by atoms with van der Waals surface area (Å²) in [5.41, 5.74) is 0. The Balaban J connectivity index is 2.92. The Kier molecular flexibility index (Phi) is 12.0. The van der Waals surface area contributed by atoms with Crippen LogP contribution in [-0.2, 0) is 24.0 Å². The van der Waals surface area contributed by atoms with Crippen LogP contribution in [0.2, 0.25) is 0 Å². The highest BCUT2D eigenvalue weighted by atomic mass is 32.2. The predicted molar refractivity (Wildman–Crippen MR) is 116 cm³/mol. The molecule has 32 heavy (non-hydrogen) atoms. The molecule has 0 aromatic carbocycles. The zero-order valence-electron chi connectivity index (χ0n) is 18.1. The van der Waals surface area contributed by atoms with Gasteiger partial charge in [-0.2, -0.15) is 11.8 Å². The standard InChI is InChI=1S/C19H32N4O8S/c1-10(24)15(19(30)31)23-18(29)12(5-6-14(25)26)21-17(28)13(7-9-32-2)22-16(27)11-4-3-8-20-11/h10-13,15,20,24H,3-9H2,1-2H3,(H,21,28)(H,22,27)(H,23,29)(H,25,26)(H,30,31). The van der Waals surface area contributed by atoms with Crippen LogP contribution >= 0.6 is 11.8 Å². The molecule has 5 atom stereocenters. The molecule has 182 valence electrons. The summed E-state index contributed by atoms with van der Waals surface area (Å²) >= 11 is 1.46. The molecule has 0 aromatic rings. The first-order valence-corrected chi connectivity index (χ1v) is 11.7. The Morgan fingerprint density at radius 1 is 1.03 bits per heavy atom. The molecule has 0 bridgehead atoms. The zero-order chi connectivity index (χ0) is 24.3. The normalized spacial score (nSPS) is 19.3. The summed E-state index contributed by atoms with van der Waals surface area (Å²) in [6.45, 7) is 1.88. The number of carbonyl (C=O) groups excluding carboxylic acids is 3. The molecule has 1 saturated heterocycles. The Bertz CT molecular complexity index is 684. The maximum atomic E-state index is 12.9. The topological polar surface area (TPSA) is 194 Å². The van der Waals surface area contributed by atoms with Crippen molar-refractivity contribution in [2.75, 3.05) is 18.6 Å². The minimum atomic E-state index is -1.63. The summed E-state index contributed by atoms with van der Waals surface area (Å²) in [5, 5.41) is 37.9. The van der Waals surface area contributed by atoms with E-state index in [1.165, 1.54) is 18.7 Å². The molecule has 0 spiro atoms. The molecule has 3 amide bonds. The summed E-state index contributed by atoms with van der Waals surface area (Å²) in [6, 6.07) is -4.36. The van der Waals surface area contributed by atoms with Crippen molar-refractivity contribution in [2.24, 2.45) is 0 Å². The molecule has 0 aliphatic carbocycles. The summed E-state index contributed by atoms with van der Waals surface area (Å²) < 4.78 is 0. The molecule has 7 N–H and O–H groups in total. The molecular formula is C19H32N4O8S. The number of aliphatic hydroxyl groups excluding tert-OH is 1. The molecule has 1 rings (SSSR count). The highest BCUT2D eigenvalue weighted by Crippen LogP contribution is 2.08. The lowest BCUT2D eigenvalue weighted by Gasteiger charge is -2.25. The van der Waals surface area contributed by atoms with Gasteiger partial charge in [0.15, 0.2) is 6.04 Å². The van der Waals surface area contributed by atoms with Crippen LogP contribution in [-0.4, -0.2) is 93.8 Å². The number of hydrogen-bond donors (Lipinski definition) is 7. The van der Waals surface area contributed by atoms with Gasteiger partial charge < -0.3 is 36.6 Å². The van der Waals surface area contributed by atoms with Gasteiger partial charge in [-0.05, 0) is 51.2 Å². The molecule has 12 nitrogen and oxygen atoms in total. The molecule has 13 heteroatoms. The van der Waals surface area contributed by atoms with Crippen LogP contribution in [0.25, 0.3) is 0 Å². The lowest BCUT2D eigenvalue weighted by Crippen LogP contribution is -2.58. The third-order valence-corrected chi connectivity index (χ3v) is 5.59. The summed E-state index contributed by atoms with van der Waals surface area (Å²) in [4.78, 5) is 60.1. The molecular weight excluding hydrogens is 444 g/mol. The van der Waals surface area contributed by atoms with Crippen LogP contribution in [0.1, 0.15) is 39.0 Å². The van der Waals surface area contributed by atoms with E-state index in [4.69, 9.17) is 10.2 Å². The lowest BCUT2D eigenvalue weighted by atomic mass is 10.1. The van der Waals surface area contributed by atoms with E-state index >= 15 is 0 Å². The number of aliphatic carboxylic acids is 2. The van der Waals surface area contributed by atoms with Gasteiger partial charge >= 0.3 is 11.9 Å². The van der Waals surface area contributed by atoms with Gasteiger partial charge in [-0.1, -0.05) is 0 Å². The second-order valence-corrected chi connectivity index (χ2v) is 8.54. The fraction of sp³-hybridized carbons (Fsp3) is 0.737. The van der Waals surface area contributed by atoms with Crippen molar-refractivity contribution >= 4 is 41.4 Å². The highest BCUT2D eigenvalue weighted by Gasteiger charge is 2.32. The SMILES string of the molecule is CSCCC(NC(=O)C1CCCN1)C(=O)NC(CCC(=O)O)C(=O)NC(C(=O)O)C(C)O. The fourth-order valence-electron chi connectivity index (χ4n) is 3.14. The smallest absolute Gasteiger partial charge is 0.328 e. The van der Waals surface area contributed by atoms with Crippen LogP contribution in [0.5, 0.6) is 0 Å². The van der Waals surface area contributed by atoms with E-state index in [1.54, 1.807) is 0 Å². The van der Waals surface area contributed by atoms with Crippen LogP contribution < -0.4 is 21.3 Å². The van der Waals surface area contributed by atoms with Gasteiger partial charge in [-0.25, -0.2) is 4.79 Å².